The van der Waals surface area contributed by atoms with Crippen molar-refractivity contribution in [3.05, 3.63) is 39.7 Å². The molecule has 0 saturated carbocycles. The molecule has 24 heavy (non-hydrogen) atoms. The van der Waals surface area contributed by atoms with Crippen LogP contribution in [-0.2, 0) is 9.53 Å². The minimum absolute atomic E-state index is 0.0540. The van der Waals surface area contributed by atoms with E-state index in [4.69, 9.17) is 32.1 Å². The number of methoxy groups -OCH3 is 1. The molecule has 1 heterocycles. The molecule has 1 aromatic carbocycles. The third-order valence-corrected chi connectivity index (χ3v) is 4.07. The van der Waals surface area contributed by atoms with E-state index >= 15 is 0 Å². The normalized spacial score (nSPS) is 9.88. The van der Waals surface area contributed by atoms with Gasteiger partial charge < -0.3 is 20.5 Å². The Labute approximate surface area is 146 Å². The Morgan fingerprint density at radius 2 is 2.21 bits per heavy atom. The molecular weight excluding hydrogens is 354 g/mol. The summed E-state index contributed by atoms with van der Waals surface area (Å²) < 4.78 is 9.99. The van der Waals surface area contributed by atoms with Gasteiger partial charge in [0.2, 0.25) is 0 Å². The number of rotatable bonds is 5. The van der Waals surface area contributed by atoms with E-state index in [0.717, 1.165) is 0 Å². The first kappa shape index (κ1) is 17.6. The van der Waals surface area contributed by atoms with Crippen LogP contribution in [0.2, 0.25) is 5.02 Å². The van der Waals surface area contributed by atoms with Gasteiger partial charge in [0.15, 0.2) is 6.61 Å². The quantitative estimate of drug-likeness (QED) is 0.621. The van der Waals surface area contributed by atoms with Crippen LogP contribution in [0.5, 0.6) is 5.75 Å². The van der Waals surface area contributed by atoms with E-state index < -0.39 is 18.5 Å². The summed E-state index contributed by atoms with van der Waals surface area (Å²) in [5.41, 5.74) is 6.28. The predicted octanol–water partition coefficient (Wildman–Crippen LogP) is 2.66. The van der Waals surface area contributed by atoms with Crippen LogP contribution in [0.25, 0.3) is 0 Å². The topological polar surface area (TPSA) is 114 Å². The lowest BCUT2D eigenvalue weighted by atomic mass is 10.2. The fourth-order valence-corrected chi connectivity index (χ4v) is 2.68. The van der Waals surface area contributed by atoms with Gasteiger partial charge in [-0.15, -0.1) is 11.3 Å². The van der Waals surface area contributed by atoms with Gasteiger partial charge in [-0.05, 0) is 17.5 Å². The second kappa shape index (κ2) is 7.68. The third kappa shape index (κ3) is 3.95. The van der Waals surface area contributed by atoms with E-state index in [1.807, 2.05) is 6.07 Å². The van der Waals surface area contributed by atoms with Gasteiger partial charge in [0, 0.05) is 6.07 Å². The molecule has 0 aliphatic heterocycles. The van der Waals surface area contributed by atoms with E-state index in [0.29, 0.717) is 10.6 Å². The van der Waals surface area contributed by atoms with E-state index in [1.54, 1.807) is 11.4 Å². The first-order valence-electron chi connectivity index (χ1n) is 6.53. The summed E-state index contributed by atoms with van der Waals surface area (Å²) in [5, 5.41) is 13.6. The van der Waals surface area contributed by atoms with Crippen LogP contribution >= 0.6 is 22.9 Å². The fourth-order valence-electron chi connectivity index (χ4n) is 1.76. The van der Waals surface area contributed by atoms with Crippen LogP contribution in [-0.4, -0.2) is 25.6 Å². The number of amides is 1. The van der Waals surface area contributed by atoms with Gasteiger partial charge >= 0.3 is 5.97 Å². The molecule has 1 amide bonds. The molecule has 9 heteroatoms. The number of nitrogens with zero attached hydrogens (tertiary/aromatic N) is 1. The Balaban J connectivity index is 2.02. The number of halogens is 1. The summed E-state index contributed by atoms with van der Waals surface area (Å²) >= 11 is 7.08. The van der Waals surface area contributed by atoms with Gasteiger partial charge in [-0.3, -0.25) is 4.79 Å². The minimum Gasteiger partial charge on any atom is -0.496 e. The molecule has 0 radical (unpaired) electrons. The van der Waals surface area contributed by atoms with Gasteiger partial charge in [0.1, 0.15) is 22.4 Å². The van der Waals surface area contributed by atoms with Crippen molar-refractivity contribution in [2.75, 3.05) is 24.8 Å². The number of hydrogen-bond acceptors (Lipinski definition) is 7. The molecule has 0 fully saturated rings. The largest absolute Gasteiger partial charge is 0.496 e. The smallest absolute Gasteiger partial charge is 0.342 e. The van der Waals surface area contributed by atoms with Crippen LogP contribution in [0.15, 0.2) is 23.6 Å². The van der Waals surface area contributed by atoms with Gasteiger partial charge in [-0.25, -0.2) is 4.79 Å². The van der Waals surface area contributed by atoms with E-state index in [1.165, 1.54) is 30.6 Å². The highest BCUT2D eigenvalue weighted by molar-refractivity contribution is 7.14. The number of carbonyl (C=O) groups is 2. The van der Waals surface area contributed by atoms with Crippen molar-refractivity contribution >= 4 is 45.5 Å². The van der Waals surface area contributed by atoms with E-state index in [-0.39, 0.29) is 22.0 Å². The monoisotopic (exact) mass is 365 g/mol. The number of nitriles is 1. The summed E-state index contributed by atoms with van der Waals surface area (Å²) in [4.78, 5) is 23.9. The maximum atomic E-state index is 12.1. The number of hydrogen-bond donors (Lipinski definition) is 2. The van der Waals surface area contributed by atoms with Crippen LogP contribution in [0.4, 0.5) is 10.7 Å². The van der Waals surface area contributed by atoms with Crippen LogP contribution in [0.1, 0.15) is 15.9 Å². The standard InChI is InChI=1S/C15H12ClN3O4S/c1-22-12-5-11(18)10(16)4-9(12)15(21)23-7-13(20)19-14-8(6-17)2-3-24-14/h2-5H,7,18H2,1H3,(H,19,20). The Bertz CT molecular complexity index is 829. The number of benzene rings is 1. The van der Waals surface area contributed by atoms with E-state index in [9.17, 15) is 9.59 Å². The van der Waals surface area contributed by atoms with Crippen molar-refractivity contribution in [3.8, 4) is 11.8 Å². The lowest BCUT2D eigenvalue weighted by molar-refractivity contribution is -0.119. The molecule has 124 valence electrons. The fraction of sp³-hybridized carbons (Fsp3) is 0.133. The Hall–Kier alpha value is -2.76. The van der Waals surface area contributed by atoms with Crippen molar-refractivity contribution in [2.24, 2.45) is 0 Å². The lowest BCUT2D eigenvalue weighted by Crippen LogP contribution is -2.21. The highest BCUT2D eigenvalue weighted by Gasteiger charge is 2.18. The molecule has 1 aromatic heterocycles. The highest BCUT2D eigenvalue weighted by atomic mass is 35.5. The Kier molecular flexibility index (Phi) is 5.63. The van der Waals surface area contributed by atoms with Crippen molar-refractivity contribution < 1.29 is 19.1 Å². The predicted molar refractivity (Wildman–Crippen MR) is 90.4 cm³/mol. The number of thiophene rings is 1. The first-order valence-corrected chi connectivity index (χ1v) is 7.79. The number of nitrogens with two attached hydrogens (primary N) is 1. The number of anilines is 2. The van der Waals surface area contributed by atoms with Crippen LogP contribution in [0, 0.1) is 11.3 Å². The second-order valence-corrected chi connectivity index (χ2v) is 5.80. The summed E-state index contributed by atoms with van der Waals surface area (Å²) in [6.07, 6.45) is 0. The molecule has 0 bridgehead atoms. The SMILES string of the molecule is COc1cc(N)c(Cl)cc1C(=O)OCC(=O)Nc1sccc1C#N. The maximum Gasteiger partial charge on any atom is 0.342 e. The highest BCUT2D eigenvalue weighted by Crippen LogP contribution is 2.29. The number of nitrogen functional groups attached to an aromatic ring is 1. The molecule has 7 nitrogen and oxygen atoms in total. The van der Waals surface area contributed by atoms with Gasteiger partial charge in [0.05, 0.1) is 23.4 Å². The zero-order chi connectivity index (χ0) is 17.7. The second-order valence-electron chi connectivity index (χ2n) is 4.47. The van der Waals surface area contributed by atoms with Crippen molar-refractivity contribution in [1.82, 2.24) is 0 Å². The number of ether oxygens (including phenoxy) is 2. The molecule has 3 N–H and O–H groups in total. The molecule has 0 aliphatic rings. The molecule has 0 saturated heterocycles. The molecular formula is C15H12ClN3O4S. The van der Waals surface area contributed by atoms with Crippen molar-refractivity contribution in [2.45, 2.75) is 0 Å². The first-order chi connectivity index (χ1) is 11.5. The molecule has 0 spiro atoms. The zero-order valence-corrected chi connectivity index (χ0v) is 14.0. The number of esters is 1. The summed E-state index contributed by atoms with van der Waals surface area (Å²) in [6, 6.07) is 6.22. The number of carbonyl (C=O) groups excluding carboxylic acids is 2. The van der Waals surface area contributed by atoms with Gasteiger partial charge in [-0.1, -0.05) is 11.6 Å². The van der Waals surface area contributed by atoms with Gasteiger partial charge in [0.25, 0.3) is 5.91 Å². The maximum absolute atomic E-state index is 12.1. The minimum atomic E-state index is -0.782. The lowest BCUT2D eigenvalue weighted by Gasteiger charge is -2.10. The molecule has 0 aliphatic carbocycles. The number of nitrogens with one attached hydrogen (secondary N) is 1. The average Bonchev–Trinajstić information content (AvgIpc) is 3.01. The molecule has 2 aromatic rings. The van der Waals surface area contributed by atoms with Gasteiger partial charge in [-0.2, -0.15) is 5.26 Å². The molecule has 0 atom stereocenters. The van der Waals surface area contributed by atoms with Crippen LogP contribution in [0.3, 0.4) is 0 Å². The Morgan fingerprint density at radius 1 is 1.46 bits per heavy atom. The van der Waals surface area contributed by atoms with Crippen LogP contribution < -0.4 is 15.8 Å². The molecule has 0 unspecified atom stereocenters. The zero-order valence-electron chi connectivity index (χ0n) is 12.5. The van der Waals surface area contributed by atoms with Crippen molar-refractivity contribution in [1.29, 1.82) is 5.26 Å². The summed E-state index contributed by atoms with van der Waals surface area (Å²) in [6.45, 7) is -0.521. The summed E-state index contributed by atoms with van der Waals surface area (Å²) in [5.74, 6) is -1.16. The average molecular weight is 366 g/mol. The van der Waals surface area contributed by atoms with E-state index in [2.05, 4.69) is 5.32 Å². The molecule has 2 rings (SSSR count). The van der Waals surface area contributed by atoms with Crippen molar-refractivity contribution in [3.63, 3.8) is 0 Å². The Morgan fingerprint density at radius 3 is 2.88 bits per heavy atom. The third-order valence-electron chi connectivity index (χ3n) is 2.91. The summed E-state index contributed by atoms with van der Waals surface area (Å²) in [7, 11) is 1.37.